The van der Waals surface area contributed by atoms with E-state index in [1.54, 1.807) is 24.3 Å². The summed E-state index contributed by atoms with van der Waals surface area (Å²) in [4.78, 5) is 10.7. The van der Waals surface area contributed by atoms with Crippen LogP contribution in [0, 0.1) is 0 Å². The van der Waals surface area contributed by atoms with E-state index in [2.05, 4.69) is 4.74 Å². The Hall–Kier alpha value is -1.77. The van der Waals surface area contributed by atoms with Crippen molar-refractivity contribution in [1.82, 2.24) is 0 Å². The van der Waals surface area contributed by atoms with Gasteiger partial charge in [0, 0.05) is 6.08 Å². The highest BCUT2D eigenvalue weighted by Gasteiger charge is 1.96. The molecule has 0 heterocycles. The molecule has 3 heteroatoms. The molecule has 0 aliphatic rings. The summed E-state index contributed by atoms with van der Waals surface area (Å²) in [7, 11) is 1.33. The molecular weight excluding hydrogens is 180 g/mol. The Morgan fingerprint density at radius 2 is 2.21 bits per heavy atom. The molecule has 0 aromatic heterocycles. The van der Waals surface area contributed by atoms with E-state index in [1.807, 2.05) is 6.07 Å². The fourth-order valence-electron chi connectivity index (χ4n) is 1.03. The summed E-state index contributed by atoms with van der Waals surface area (Å²) in [5.74, 6) is -0.151. The molecule has 0 bridgehead atoms. The summed E-state index contributed by atoms with van der Waals surface area (Å²) in [6.07, 6.45) is 3.51. The minimum Gasteiger partial charge on any atom is -0.508 e. The average molecular weight is 192 g/mol. The molecule has 1 aromatic rings. The molecule has 1 rings (SSSR count). The zero-order valence-electron chi connectivity index (χ0n) is 7.93. The lowest BCUT2D eigenvalue weighted by atomic mass is 10.1. The lowest BCUT2D eigenvalue weighted by Gasteiger charge is -1.99. The summed E-state index contributed by atoms with van der Waals surface area (Å²) < 4.78 is 4.43. The van der Waals surface area contributed by atoms with Gasteiger partial charge in [-0.2, -0.15) is 0 Å². The second-order valence-electron chi connectivity index (χ2n) is 2.76. The Kier molecular flexibility index (Phi) is 3.73. The summed E-state index contributed by atoms with van der Waals surface area (Å²) in [5, 5.41) is 9.38. The number of hydrogen-bond acceptors (Lipinski definition) is 3. The van der Waals surface area contributed by atoms with Crippen LogP contribution in [0.1, 0.15) is 5.56 Å². The predicted molar refractivity (Wildman–Crippen MR) is 53.0 cm³/mol. The standard InChI is InChI=1S/C11H12O3/c1-14-11(13)8-4-6-9-5-2-3-7-10(9)12/h2-5,7-8,12H,6H2,1H3/b8-4+. The van der Waals surface area contributed by atoms with Gasteiger partial charge in [-0.3, -0.25) is 0 Å². The van der Waals surface area contributed by atoms with Gasteiger partial charge in [-0.15, -0.1) is 0 Å². The van der Waals surface area contributed by atoms with E-state index in [1.165, 1.54) is 13.2 Å². The molecule has 14 heavy (non-hydrogen) atoms. The Labute approximate surface area is 82.6 Å². The fraction of sp³-hybridized carbons (Fsp3) is 0.182. The summed E-state index contributed by atoms with van der Waals surface area (Å²) in [5.41, 5.74) is 0.785. The van der Waals surface area contributed by atoms with E-state index in [-0.39, 0.29) is 11.7 Å². The second kappa shape index (κ2) is 5.07. The highest BCUT2D eigenvalue weighted by atomic mass is 16.5. The predicted octanol–water partition coefficient (Wildman–Crippen LogP) is 1.66. The number of allylic oxidation sites excluding steroid dienone is 1. The number of para-hydroxylation sites is 1. The SMILES string of the molecule is COC(=O)/C=C/Cc1ccccc1O. The molecule has 0 saturated heterocycles. The second-order valence-corrected chi connectivity index (χ2v) is 2.76. The van der Waals surface area contributed by atoms with Crippen LogP contribution in [0.5, 0.6) is 5.75 Å². The largest absolute Gasteiger partial charge is 0.508 e. The van der Waals surface area contributed by atoms with E-state index in [0.717, 1.165) is 5.56 Å². The number of esters is 1. The molecular formula is C11H12O3. The van der Waals surface area contributed by atoms with Crippen LogP contribution in [-0.4, -0.2) is 18.2 Å². The van der Waals surface area contributed by atoms with Gasteiger partial charge in [0.1, 0.15) is 5.75 Å². The number of phenols is 1. The fourth-order valence-corrected chi connectivity index (χ4v) is 1.03. The maximum atomic E-state index is 10.7. The van der Waals surface area contributed by atoms with Crippen LogP contribution < -0.4 is 0 Å². The Balaban J connectivity index is 2.58. The number of carbonyl (C=O) groups excluding carboxylic acids is 1. The number of methoxy groups -OCH3 is 1. The number of carbonyl (C=O) groups is 1. The molecule has 74 valence electrons. The van der Waals surface area contributed by atoms with Gasteiger partial charge < -0.3 is 9.84 Å². The van der Waals surface area contributed by atoms with Gasteiger partial charge in [0.15, 0.2) is 0 Å². The van der Waals surface area contributed by atoms with Crippen LogP contribution in [0.4, 0.5) is 0 Å². The lowest BCUT2D eigenvalue weighted by molar-refractivity contribution is -0.134. The maximum absolute atomic E-state index is 10.7. The summed E-state index contributed by atoms with van der Waals surface area (Å²) in [6.45, 7) is 0. The highest BCUT2D eigenvalue weighted by molar-refractivity contribution is 5.81. The first-order valence-corrected chi connectivity index (χ1v) is 4.25. The molecule has 0 fully saturated rings. The summed E-state index contributed by atoms with van der Waals surface area (Å²) >= 11 is 0. The zero-order valence-corrected chi connectivity index (χ0v) is 7.93. The average Bonchev–Trinajstić information content (AvgIpc) is 2.20. The van der Waals surface area contributed by atoms with E-state index in [9.17, 15) is 9.90 Å². The minimum absolute atomic E-state index is 0.238. The van der Waals surface area contributed by atoms with Crippen LogP contribution in [0.15, 0.2) is 36.4 Å². The maximum Gasteiger partial charge on any atom is 0.330 e. The van der Waals surface area contributed by atoms with Crippen molar-refractivity contribution in [1.29, 1.82) is 0 Å². The Morgan fingerprint density at radius 3 is 2.86 bits per heavy atom. The molecule has 0 amide bonds. The first kappa shape index (κ1) is 10.3. The van der Waals surface area contributed by atoms with Crippen molar-refractivity contribution in [3.63, 3.8) is 0 Å². The van der Waals surface area contributed by atoms with E-state index >= 15 is 0 Å². The molecule has 3 nitrogen and oxygen atoms in total. The van der Waals surface area contributed by atoms with Crippen LogP contribution in [0.25, 0.3) is 0 Å². The molecule has 0 spiro atoms. The first-order valence-electron chi connectivity index (χ1n) is 4.25. The number of benzene rings is 1. The molecule has 0 radical (unpaired) electrons. The van der Waals surface area contributed by atoms with Crippen molar-refractivity contribution in [2.75, 3.05) is 7.11 Å². The van der Waals surface area contributed by atoms with Crippen LogP contribution in [-0.2, 0) is 16.0 Å². The monoisotopic (exact) mass is 192 g/mol. The van der Waals surface area contributed by atoms with Crippen molar-refractivity contribution in [2.24, 2.45) is 0 Å². The summed E-state index contributed by atoms with van der Waals surface area (Å²) in [6, 6.07) is 7.00. The van der Waals surface area contributed by atoms with Crippen LogP contribution in [0.2, 0.25) is 0 Å². The number of hydrogen-bond donors (Lipinski definition) is 1. The Bertz CT molecular complexity index is 342. The zero-order chi connectivity index (χ0) is 10.4. The van der Waals surface area contributed by atoms with Crippen LogP contribution >= 0.6 is 0 Å². The highest BCUT2D eigenvalue weighted by Crippen LogP contribution is 2.16. The Morgan fingerprint density at radius 1 is 1.50 bits per heavy atom. The molecule has 0 unspecified atom stereocenters. The van der Waals surface area contributed by atoms with E-state index in [4.69, 9.17) is 0 Å². The lowest BCUT2D eigenvalue weighted by Crippen LogP contribution is -1.94. The van der Waals surface area contributed by atoms with Crippen molar-refractivity contribution < 1.29 is 14.6 Å². The van der Waals surface area contributed by atoms with Gasteiger partial charge in [-0.1, -0.05) is 24.3 Å². The smallest absolute Gasteiger partial charge is 0.330 e. The van der Waals surface area contributed by atoms with Crippen LogP contribution in [0.3, 0.4) is 0 Å². The number of rotatable bonds is 3. The van der Waals surface area contributed by atoms with Crippen molar-refractivity contribution in [2.45, 2.75) is 6.42 Å². The number of ether oxygens (including phenoxy) is 1. The van der Waals surface area contributed by atoms with Crippen molar-refractivity contribution >= 4 is 5.97 Å². The van der Waals surface area contributed by atoms with Crippen molar-refractivity contribution in [3.05, 3.63) is 42.0 Å². The third-order valence-corrected chi connectivity index (χ3v) is 1.78. The molecule has 1 N–H and O–H groups in total. The molecule has 0 aliphatic heterocycles. The van der Waals surface area contributed by atoms with Gasteiger partial charge in [-0.25, -0.2) is 4.79 Å². The van der Waals surface area contributed by atoms with E-state index < -0.39 is 0 Å². The van der Waals surface area contributed by atoms with Gasteiger partial charge in [-0.05, 0) is 18.1 Å². The molecule has 0 saturated carbocycles. The minimum atomic E-state index is -0.388. The number of aromatic hydroxyl groups is 1. The van der Waals surface area contributed by atoms with E-state index in [0.29, 0.717) is 6.42 Å². The normalized spacial score (nSPS) is 10.4. The molecule has 0 atom stereocenters. The van der Waals surface area contributed by atoms with Gasteiger partial charge in [0.2, 0.25) is 0 Å². The van der Waals surface area contributed by atoms with Gasteiger partial charge >= 0.3 is 5.97 Å². The topological polar surface area (TPSA) is 46.5 Å². The quantitative estimate of drug-likeness (QED) is 0.585. The molecule has 1 aromatic carbocycles. The number of phenolic OH excluding ortho intramolecular Hbond substituents is 1. The van der Waals surface area contributed by atoms with Crippen molar-refractivity contribution in [3.8, 4) is 5.75 Å². The molecule has 0 aliphatic carbocycles. The third kappa shape index (κ3) is 2.94. The van der Waals surface area contributed by atoms with Gasteiger partial charge in [0.25, 0.3) is 0 Å². The third-order valence-electron chi connectivity index (χ3n) is 1.78. The first-order chi connectivity index (χ1) is 6.74. The van der Waals surface area contributed by atoms with Gasteiger partial charge in [0.05, 0.1) is 7.11 Å².